The van der Waals surface area contributed by atoms with Crippen LogP contribution in [0.5, 0.6) is 11.5 Å². The fourth-order valence-corrected chi connectivity index (χ4v) is 5.34. The highest BCUT2D eigenvalue weighted by Crippen LogP contribution is 2.54. The Kier molecular flexibility index (Phi) is 3.79. The molecule has 1 saturated carbocycles. The molecule has 4 unspecified atom stereocenters. The molecular weight excluding hydrogens is 304 g/mol. The molecule has 1 aliphatic carbocycles. The van der Waals surface area contributed by atoms with Crippen LogP contribution in [-0.2, 0) is 5.41 Å². The Balaban J connectivity index is 1.68. The summed E-state index contributed by atoms with van der Waals surface area (Å²) in [5.41, 5.74) is 1.69. The Morgan fingerprint density at radius 2 is 1.88 bits per heavy atom. The molecule has 2 aliphatic heterocycles. The van der Waals surface area contributed by atoms with Crippen LogP contribution in [0.4, 0.5) is 0 Å². The van der Waals surface area contributed by atoms with E-state index in [1.807, 2.05) is 6.07 Å². The van der Waals surface area contributed by atoms with Crippen molar-refractivity contribution in [1.29, 1.82) is 0 Å². The molecule has 132 valence electrons. The number of rotatable bonds is 3. The number of hydrogen-bond donors (Lipinski definition) is 2. The summed E-state index contributed by atoms with van der Waals surface area (Å²) in [6, 6.07) is 6.93. The maximum absolute atomic E-state index is 9.72. The maximum Gasteiger partial charge on any atom is 0.161 e. The van der Waals surface area contributed by atoms with E-state index in [0.717, 1.165) is 43.7 Å². The third kappa shape index (κ3) is 2.25. The lowest BCUT2D eigenvalue weighted by Crippen LogP contribution is -2.68. The van der Waals surface area contributed by atoms with E-state index in [2.05, 4.69) is 29.4 Å². The zero-order valence-electron chi connectivity index (χ0n) is 14.8. The lowest BCUT2D eigenvalue weighted by atomic mass is 9.59. The summed E-state index contributed by atoms with van der Waals surface area (Å²) in [6.07, 6.45) is 5.14. The summed E-state index contributed by atoms with van der Waals surface area (Å²) in [6.45, 7) is 1.12. The fourth-order valence-electron chi connectivity index (χ4n) is 5.34. The number of likely N-dealkylation sites (N-methyl/N-ethyl adjacent to an activating group) is 1. The molecule has 0 bridgehead atoms. The van der Waals surface area contributed by atoms with Gasteiger partial charge in [-0.2, -0.15) is 0 Å². The number of benzene rings is 1. The highest BCUT2D eigenvalue weighted by molar-refractivity contribution is 5.46. The van der Waals surface area contributed by atoms with Crippen molar-refractivity contribution in [2.75, 3.05) is 27.8 Å². The van der Waals surface area contributed by atoms with Crippen LogP contribution in [0.25, 0.3) is 0 Å². The van der Waals surface area contributed by atoms with Crippen molar-refractivity contribution in [3.63, 3.8) is 0 Å². The van der Waals surface area contributed by atoms with Crippen molar-refractivity contribution in [2.24, 2.45) is 0 Å². The Morgan fingerprint density at radius 1 is 1.12 bits per heavy atom. The molecule has 0 aromatic heterocycles. The van der Waals surface area contributed by atoms with Crippen LogP contribution in [0.1, 0.15) is 37.7 Å². The van der Waals surface area contributed by atoms with Gasteiger partial charge in [-0.25, -0.2) is 0 Å². The highest BCUT2D eigenvalue weighted by atomic mass is 16.5. The van der Waals surface area contributed by atoms with Crippen LogP contribution >= 0.6 is 0 Å². The first-order chi connectivity index (χ1) is 11.5. The molecule has 1 aromatic carbocycles. The van der Waals surface area contributed by atoms with Crippen molar-refractivity contribution >= 4 is 0 Å². The van der Waals surface area contributed by atoms with Crippen molar-refractivity contribution in [3.05, 3.63) is 23.8 Å². The van der Waals surface area contributed by atoms with Gasteiger partial charge in [0.1, 0.15) is 6.23 Å². The minimum Gasteiger partial charge on any atom is -0.493 e. The minimum absolute atomic E-state index is 0.142. The van der Waals surface area contributed by atoms with Crippen molar-refractivity contribution in [1.82, 2.24) is 10.2 Å². The van der Waals surface area contributed by atoms with Gasteiger partial charge >= 0.3 is 0 Å². The lowest BCUT2D eigenvalue weighted by molar-refractivity contribution is -0.0634. The zero-order valence-corrected chi connectivity index (χ0v) is 14.8. The normalized spacial score (nSPS) is 38.7. The first-order valence-corrected chi connectivity index (χ1v) is 8.90. The average Bonchev–Trinajstić information content (AvgIpc) is 2.91. The van der Waals surface area contributed by atoms with Crippen LogP contribution in [0, 0.1) is 0 Å². The summed E-state index contributed by atoms with van der Waals surface area (Å²) >= 11 is 0. The van der Waals surface area contributed by atoms with E-state index in [9.17, 15) is 5.11 Å². The van der Waals surface area contributed by atoms with E-state index >= 15 is 0 Å². The summed E-state index contributed by atoms with van der Waals surface area (Å²) in [7, 11) is 5.62. The molecule has 24 heavy (non-hydrogen) atoms. The van der Waals surface area contributed by atoms with E-state index < -0.39 is 0 Å². The summed E-state index contributed by atoms with van der Waals surface area (Å²) in [4.78, 5) is 2.50. The largest absolute Gasteiger partial charge is 0.493 e. The molecule has 3 fully saturated rings. The summed E-state index contributed by atoms with van der Waals surface area (Å²) < 4.78 is 10.9. The van der Waals surface area contributed by atoms with E-state index in [1.165, 1.54) is 12.0 Å². The monoisotopic (exact) mass is 332 g/mol. The van der Waals surface area contributed by atoms with Gasteiger partial charge in [-0.05, 0) is 57.0 Å². The Labute approximate surface area is 143 Å². The van der Waals surface area contributed by atoms with E-state index in [-0.39, 0.29) is 17.2 Å². The van der Waals surface area contributed by atoms with Gasteiger partial charge in [-0.15, -0.1) is 0 Å². The molecule has 0 amide bonds. The van der Waals surface area contributed by atoms with Gasteiger partial charge < -0.3 is 19.5 Å². The molecule has 5 nitrogen and oxygen atoms in total. The van der Waals surface area contributed by atoms with Crippen LogP contribution in [-0.4, -0.2) is 55.6 Å². The van der Waals surface area contributed by atoms with Gasteiger partial charge in [0.2, 0.25) is 0 Å². The van der Waals surface area contributed by atoms with E-state index in [4.69, 9.17) is 9.47 Å². The van der Waals surface area contributed by atoms with Crippen LogP contribution < -0.4 is 14.8 Å². The smallest absolute Gasteiger partial charge is 0.161 e. The van der Waals surface area contributed by atoms with Crippen LogP contribution in [0.3, 0.4) is 0 Å². The van der Waals surface area contributed by atoms with Gasteiger partial charge in [-0.1, -0.05) is 6.07 Å². The Morgan fingerprint density at radius 3 is 2.54 bits per heavy atom. The topological polar surface area (TPSA) is 54.0 Å². The number of methoxy groups -OCH3 is 2. The molecular formula is C19H28N2O3. The van der Waals surface area contributed by atoms with E-state index in [1.54, 1.807) is 14.2 Å². The molecule has 2 saturated heterocycles. The number of fused-ring (bicyclic) bond motifs is 1. The maximum atomic E-state index is 9.72. The molecule has 2 N–H and O–H groups in total. The third-order valence-corrected chi connectivity index (χ3v) is 6.73. The minimum atomic E-state index is -0.315. The molecule has 2 heterocycles. The molecule has 4 rings (SSSR count). The van der Waals surface area contributed by atoms with Gasteiger partial charge in [0.05, 0.1) is 14.2 Å². The van der Waals surface area contributed by atoms with Gasteiger partial charge in [-0.3, -0.25) is 5.32 Å². The second-order valence-electron chi connectivity index (χ2n) is 7.82. The molecule has 3 aliphatic rings. The number of aliphatic hydroxyl groups excluding tert-OH is 1. The number of nitrogens with zero attached hydrogens (tertiary/aromatic N) is 1. The second kappa shape index (κ2) is 5.61. The number of ether oxygens (including phenoxy) is 2. The standard InChI is InChI=1S/C19H28N2O3/c1-21-9-8-19(13-4-5-14(23-2)15(10-13)24-3)7-6-18(11-16(19)21)12-17(22)20-18/h4-5,10,16-17,20,22H,6-9,11-12H2,1-3H3. The second-order valence-corrected chi connectivity index (χ2v) is 7.82. The van der Waals surface area contributed by atoms with Crippen LogP contribution in [0.2, 0.25) is 0 Å². The van der Waals surface area contributed by atoms with E-state index in [0.29, 0.717) is 6.04 Å². The SMILES string of the molecule is COc1ccc(C23CCN(C)C2CC2(CC3)CC(O)N2)cc1OC. The quantitative estimate of drug-likeness (QED) is 0.885. The first-order valence-electron chi connectivity index (χ1n) is 8.90. The lowest BCUT2D eigenvalue weighted by Gasteiger charge is -2.56. The van der Waals surface area contributed by atoms with Crippen molar-refractivity contribution < 1.29 is 14.6 Å². The zero-order chi connectivity index (χ0) is 16.9. The fraction of sp³-hybridized carbons (Fsp3) is 0.684. The van der Waals surface area contributed by atoms with Crippen molar-refractivity contribution in [2.45, 2.75) is 55.3 Å². The van der Waals surface area contributed by atoms with Crippen molar-refractivity contribution in [3.8, 4) is 11.5 Å². The highest BCUT2D eigenvalue weighted by Gasteiger charge is 2.57. The van der Waals surface area contributed by atoms with Gasteiger partial charge in [0.25, 0.3) is 0 Å². The average molecular weight is 332 g/mol. The summed E-state index contributed by atoms with van der Waals surface area (Å²) in [5, 5.41) is 13.1. The predicted molar refractivity (Wildman–Crippen MR) is 92.6 cm³/mol. The summed E-state index contributed by atoms with van der Waals surface area (Å²) in [5.74, 6) is 1.60. The van der Waals surface area contributed by atoms with Crippen LogP contribution in [0.15, 0.2) is 18.2 Å². The number of hydrogen-bond acceptors (Lipinski definition) is 5. The Hall–Kier alpha value is -1.30. The first kappa shape index (κ1) is 16.2. The molecule has 4 atom stereocenters. The van der Waals surface area contributed by atoms with Gasteiger partial charge in [0.15, 0.2) is 11.5 Å². The number of likely N-dealkylation sites (tertiary alicyclic amines) is 1. The number of nitrogens with one attached hydrogen (secondary N) is 1. The predicted octanol–water partition coefficient (Wildman–Crippen LogP) is 1.88. The molecule has 0 radical (unpaired) electrons. The third-order valence-electron chi connectivity index (χ3n) is 6.73. The molecule has 1 aromatic rings. The Bertz CT molecular complexity index is 629. The van der Waals surface area contributed by atoms with Gasteiger partial charge in [0, 0.05) is 23.4 Å². The molecule has 1 spiro atoms. The number of aliphatic hydroxyl groups is 1. The molecule has 5 heteroatoms.